The number of hydrogen-bond acceptors (Lipinski definition) is 3. The zero-order valence-corrected chi connectivity index (χ0v) is 18.8. The van der Waals surface area contributed by atoms with E-state index in [4.69, 9.17) is 5.73 Å². The van der Waals surface area contributed by atoms with Crippen LogP contribution in [0.15, 0.2) is 71.9 Å². The molecule has 0 aliphatic heterocycles. The lowest BCUT2D eigenvalue weighted by Crippen LogP contribution is -2.34. The van der Waals surface area contributed by atoms with E-state index >= 15 is 0 Å². The van der Waals surface area contributed by atoms with E-state index in [1.807, 2.05) is 13.1 Å². The summed E-state index contributed by atoms with van der Waals surface area (Å²) in [6, 6.07) is 18.7. The molecule has 1 heterocycles. The topological polar surface area (TPSA) is 65.1 Å². The monoisotopic (exact) mass is 444 g/mol. The zero-order valence-electron chi connectivity index (χ0n) is 17.2. The van der Waals surface area contributed by atoms with Crippen molar-refractivity contribution >= 4 is 22.2 Å². The van der Waals surface area contributed by atoms with Gasteiger partial charge in [0.2, 0.25) is 0 Å². The van der Waals surface area contributed by atoms with Crippen molar-refractivity contribution in [2.75, 3.05) is 5.75 Å². The Morgan fingerprint density at radius 1 is 1.07 bits per heavy atom. The highest BCUT2D eigenvalue weighted by Crippen LogP contribution is 2.34. The fourth-order valence-electron chi connectivity index (χ4n) is 4.29. The maximum atomic E-state index is 12.6. The Kier molecular flexibility index (Phi) is 7.06. The van der Waals surface area contributed by atoms with Crippen LogP contribution in [0.3, 0.4) is 0 Å². The molecule has 0 radical (unpaired) electrons. The second kappa shape index (κ2) is 9.38. The van der Waals surface area contributed by atoms with Crippen molar-refractivity contribution in [1.82, 2.24) is 4.57 Å². The smallest absolute Gasteiger partial charge is 0.180 e. The summed E-state index contributed by atoms with van der Waals surface area (Å²) < 4.78 is 27.0. The lowest BCUT2D eigenvalue weighted by Gasteiger charge is -2.32. The fraction of sp³-hybridized carbons (Fsp3) is 0.333. The van der Waals surface area contributed by atoms with Crippen molar-refractivity contribution < 1.29 is 8.42 Å². The summed E-state index contributed by atoms with van der Waals surface area (Å²) in [4.78, 5) is 0.391. The van der Waals surface area contributed by atoms with E-state index in [0.29, 0.717) is 11.3 Å². The Bertz CT molecular complexity index is 1090. The van der Waals surface area contributed by atoms with Crippen LogP contribution in [0.5, 0.6) is 0 Å². The molecule has 0 spiro atoms. The van der Waals surface area contributed by atoms with E-state index < -0.39 is 9.84 Å². The second-order valence-electron chi connectivity index (χ2n) is 8.11. The van der Waals surface area contributed by atoms with Gasteiger partial charge in [-0.1, -0.05) is 48.5 Å². The van der Waals surface area contributed by atoms with Gasteiger partial charge in [-0.15, -0.1) is 12.4 Å². The summed E-state index contributed by atoms with van der Waals surface area (Å²) in [5.41, 5.74) is 11.5. The third-order valence-electron chi connectivity index (χ3n) is 6.00. The Balaban J connectivity index is 0.00000256. The van der Waals surface area contributed by atoms with Gasteiger partial charge >= 0.3 is 0 Å². The van der Waals surface area contributed by atoms with E-state index in [0.717, 1.165) is 24.8 Å². The summed E-state index contributed by atoms with van der Waals surface area (Å²) in [6.07, 6.45) is 6.84. The van der Waals surface area contributed by atoms with E-state index in [1.54, 1.807) is 23.0 Å². The Hall–Kier alpha value is -2.08. The van der Waals surface area contributed by atoms with Crippen LogP contribution in [-0.4, -0.2) is 24.8 Å². The van der Waals surface area contributed by atoms with Gasteiger partial charge in [-0.25, -0.2) is 8.42 Å². The fourth-order valence-corrected chi connectivity index (χ4v) is 5.62. The number of aryl methyl sites for hydroxylation is 3. The lowest BCUT2D eigenvalue weighted by molar-refractivity contribution is 0.467. The molecule has 6 heteroatoms. The molecule has 0 saturated heterocycles. The maximum Gasteiger partial charge on any atom is 0.180 e. The number of sulfone groups is 1. The van der Waals surface area contributed by atoms with Crippen molar-refractivity contribution in [2.24, 2.45) is 12.8 Å². The van der Waals surface area contributed by atoms with Crippen molar-refractivity contribution in [3.05, 3.63) is 89.2 Å². The highest BCUT2D eigenvalue weighted by Gasteiger charge is 2.27. The number of rotatable bonds is 6. The molecule has 0 amide bonds. The number of hydrogen-bond donors (Lipinski definition) is 1. The first-order valence-corrected chi connectivity index (χ1v) is 11.8. The molecule has 1 aliphatic rings. The predicted octanol–water partition coefficient (Wildman–Crippen LogP) is 4.06. The van der Waals surface area contributed by atoms with Gasteiger partial charge in [0.1, 0.15) is 0 Å². The normalized spacial score (nSPS) is 18.5. The first-order chi connectivity index (χ1) is 13.9. The van der Waals surface area contributed by atoms with Gasteiger partial charge in [0, 0.05) is 31.4 Å². The highest BCUT2D eigenvalue weighted by molar-refractivity contribution is 7.91. The molecule has 2 atom stereocenters. The second-order valence-corrected chi connectivity index (χ2v) is 10.2. The van der Waals surface area contributed by atoms with Crippen LogP contribution in [-0.2, 0) is 36.1 Å². The molecule has 4 nitrogen and oxygen atoms in total. The molecule has 1 aromatic heterocycles. The summed E-state index contributed by atoms with van der Waals surface area (Å²) >= 11 is 0. The Morgan fingerprint density at radius 3 is 2.53 bits per heavy atom. The molecule has 1 aliphatic carbocycles. The SMILES string of the molecule is Cl.Cn1ccc(S(=O)(=O)CCc2ccc3c(c2)C(Cc2ccccc2)C(N)CC3)c1. The molecular formula is C24H29ClN2O2S. The van der Waals surface area contributed by atoms with Crippen LogP contribution in [0.4, 0.5) is 0 Å². The quantitative estimate of drug-likeness (QED) is 0.623. The molecular weight excluding hydrogens is 416 g/mol. The van der Waals surface area contributed by atoms with Crippen LogP contribution >= 0.6 is 12.4 Å². The summed E-state index contributed by atoms with van der Waals surface area (Å²) in [7, 11) is -1.45. The largest absolute Gasteiger partial charge is 0.356 e. The van der Waals surface area contributed by atoms with Crippen molar-refractivity contribution in [1.29, 1.82) is 0 Å². The van der Waals surface area contributed by atoms with Crippen LogP contribution in [0.25, 0.3) is 0 Å². The zero-order chi connectivity index (χ0) is 20.4. The lowest BCUT2D eigenvalue weighted by atomic mass is 9.76. The molecule has 3 aromatic rings. The number of fused-ring (bicyclic) bond motifs is 1. The van der Waals surface area contributed by atoms with Crippen molar-refractivity contribution in [2.45, 2.75) is 42.5 Å². The highest BCUT2D eigenvalue weighted by atomic mass is 35.5. The molecule has 0 fully saturated rings. The first-order valence-electron chi connectivity index (χ1n) is 10.2. The van der Waals surface area contributed by atoms with Crippen LogP contribution in [0.1, 0.15) is 34.6 Å². The van der Waals surface area contributed by atoms with Crippen LogP contribution in [0.2, 0.25) is 0 Å². The summed E-state index contributed by atoms with van der Waals surface area (Å²) in [5, 5.41) is 0. The minimum absolute atomic E-state index is 0. The number of nitrogens with zero attached hydrogens (tertiary/aromatic N) is 1. The standard InChI is InChI=1S/C24H28N2O2S.ClH/c1-26-13-11-21(17-26)29(27,28)14-12-19-7-8-20-9-10-24(25)23(22(20)15-19)16-18-5-3-2-4-6-18;/h2-8,11,13,15,17,23-24H,9-10,12,14,16,25H2,1H3;1H. The minimum Gasteiger partial charge on any atom is -0.356 e. The average molecular weight is 445 g/mol. The third kappa shape index (κ3) is 4.97. The van der Waals surface area contributed by atoms with Crippen LogP contribution < -0.4 is 5.73 Å². The number of benzene rings is 2. The van der Waals surface area contributed by atoms with E-state index in [-0.39, 0.29) is 30.1 Å². The van der Waals surface area contributed by atoms with Gasteiger partial charge in [-0.3, -0.25) is 0 Å². The molecule has 2 unspecified atom stereocenters. The number of aromatic nitrogens is 1. The molecule has 30 heavy (non-hydrogen) atoms. The third-order valence-corrected chi connectivity index (χ3v) is 7.70. The summed E-state index contributed by atoms with van der Waals surface area (Å²) in [6.45, 7) is 0. The number of halogens is 1. The molecule has 2 N–H and O–H groups in total. The van der Waals surface area contributed by atoms with Crippen molar-refractivity contribution in [3.63, 3.8) is 0 Å². The van der Waals surface area contributed by atoms with E-state index in [2.05, 4.69) is 42.5 Å². The van der Waals surface area contributed by atoms with Crippen molar-refractivity contribution in [3.8, 4) is 0 Å². The molecule has 4 rings (SSSR count). The van der Waals surface area contributed by atoms with E-state index in [1.165, 1.54) is 16.7 Å². The van der Waals surface area contributed by atoms with Gasteiger partial charge in [0.25, 0.3) is 0 Å². The maximum absolute atomic E-state index is 12.6. The van der Waals surface area contributed by atoms with Gasteiger partial charge < -0.3 is 10.3 Å². The van der Waals surface area contributed by atoms with Gasteiger partial charge in [-0.05, 0) is 54.0 Å². The molecule has 160 valence electrons. The van der Waals surface area contributed by atoms with Gasteiger partial charge in [-0.2, -0.15) is 0 Å². The molecule has 2 aromatic carbocycles. The molecule has 0 bridgehead atoms. The average Bonchev–Trinajstić information content (AvgIpc) is 3.17. The van der Waals surface area contributed by atoms with Gasteiger partial charge in [0.15, 0.2) is 9.84 Å². The van der Waals surface area contributed by atoms with Crippen LogP contribution in [0, 0.1) is 0 Å². The first kappa shape index (κ1) is 22.6. The Labute approximate surface area is 185 Å². The number of nitrogens with two attached hydrogens (primary N) is 1. The molecule has 0 saturated carbocycles. The van der Waals surface area contributed by atoms with Gasteiger partial charge in [0.05, 0.1) is 10.6 Å². The Morgan fingerprint density at radius 2 is 1.83 bits per heavy atom. The minimum atomic E-state index is -3.28. The predicted molar refractivity (Wildman–Crippen MR) is 124 cm³/mol. The van der Waals surface area contributed by atoms with E-state index in [9.17, 15) is 8.42 Å². The summed E-state index contributed by atoms with van der Waals surface area (Å²) in [5.74, 6) is 0.386.